The van der Waals surface area contributed by atoms with Crippen molar-refractivity contribution in [1.29, 1.82) is 0 Å². The molecule has 5 nitrogen and oxygen atoms in total. The fourth-order valence-electron chi connectivity index (χ4n) is 2.13. The predicted molar refractivity (Wildman–Crippen MR) is 85.6 cm³/mol. The van der Waals surface area contributed by atoms with E-state index in [4.69, 9.17) is 27.6 Å². The molecule has 0 aliphatic rings. The number of anilines is 1. The zero-order valence-electron chi connectivity index (χ0n) is 11.2. The third kappa shape index (κ3) is 3.00. The minimum absolute atomic E-state index is 0.167. The molecule has 112 valence electrons. The van der Waals surface area contributed by atoms with E-state index in [1.54, 1.807) is 42.5 Å². The number of carbonyl (C=O) groups excluding carboxylic acids is 1. The summed E-state index contributed by atoms with van der Waals surface area (Å²) in [7, 11) is 0. The van der Waals surface area contributed by atoms with Crippen molar-refractivity contribution in [2.45, 2.75) is 6.54 Å². The maximum atomic E-state index is 12.1. The molecule has 0 bridgehead atoms. The van der Waals surface area contributed by atoms with Crippen molar-refractivity contribution in [1.82, 2.24) is 4.57 Å². The summed E-state index contributed by atoms with van der Waals surface area (Å²) in [5.74, 6) is -0.965. The van der Waals surface area contributed by atoms with E-state index in [1.165, 1.54) is 4.57 Å². The van der Waals surface area contributed by atoms with Crippen LogP contribution in [-0.2, 0) is 11.3 Å². The maximum absolute atomic E-state index is 12.1. The smallest absolute Gasteiger partial charge is 0.408 e. The Morgan fingerprint density at radius 2 is 1.82 bits per heavy atom. The first-order chi connectivity index (χ1) is 10.5. The van der Waals surface area contributed by atoms with E-state index < -0.39 is 5.76 Å². The molecule has 1 aromatic heterocycles. The standard InChI is InChI=1S/C15H10Cl2N2O3/c16-9-5-10(17)7-11(6-9)18-14(20)8-19-12-3-1-2-4-13(12)22-15(19)21/h1-7H,8H2,(H,18,20). The molecule has 0 saturated heterocycles. The Morgan fingerprint density at radius 1 is 1.14 bits per heavy atom. The molecule has 1 heterocycles. The van der Waals surface area contributed by atoms with Crippen LogP contribution in [0.3, 0.4) is 0 Å². The highest BCUT2D eigenvalue weighted by atomic mass is 35.5. The summed E-state index contributed by atoms with van der Waals surface area (Å²) in [6, 6.07) is 11.6. The average Bonchev–Trinajstić information content (AvgIpc) is 2.74. The van der Waals surface area contributed by atoms with Crippen LogP contribution in [0.25, 0.3) is 11.1 Å². The second kappa shape index (κ2) is 5.87. The van der Waals surface area contributed by atoms with Gasteiger partial charge in [0.15, 0.2) is 5.58 Å². The van der Waals surface area contributed by atoms with Gasteiger partial charge in [-0.1, -0.05) is 35.3 Å². The molecule has 0 atom stereocenters. The molecule has 0 unspecified atom stereocenters. The minimum Gasteiger partial charge on any atom is -0.408 e. The normalized spacial score (nSPS) is 10.8. The number of halogens is 2. The molecule has 1 N–H and O–H groups in total. The molecule has 0 spiro atoms. The largest absolute Gasteiger partial charge is 0.420 e. The van der Waals surface area contributed by atoms with Gasteiger partial charge in [0.05, 0.1) is 5.52 Å². The lowest BCUT2D eigenvalue weighted by Crippen LogP contribution is -2.24. The molecule has 0 aliphatic heterocycles. The van der Waals surface area contributed by atoms with Gasteiger partial charge < -0.3 is 9.73 Å². The van der Waals surface area contributed by atoms with Crippen molar-refractivity contribution in [3.63, 3.8) is 0 Å². The Balaban J connectivity index is 1.84. The molecule has 0 aliphatic carbocycles. The number of nitrogens with zero attached hydrogens (tertiary/aromatic N) is 1. The van der Waals surface area contributed by atoms with Crippen molar-refractivity contribution in [3.8, 4) is 0 Å². The number of benzene rings is 2. The number of hydrogen-bond donors (Lipinski definition) is 1. The van der Waals surface area contributed by atoms with Crippen LogP contribution in [-0.4, -0.2) is 10.5 Å². The molecule has 1 amide bonds. The van der Waals surface area contributed by atoms with Crippen LogP contribution in [0.4, 0.5) is 5.69 Å². The van der Waals surface area contributed by atoms with E-state index in [1.807, 2.05) is 0 Å². The van der Waals surface area contributed by atoms with Crippen LogP contribution in [0, 0.1) is 0 Å². The van der Waals surface area contributed by atoms with Gasteiger partial charge in [-0.15, -0.1) is 0 Å². The number of fused-ring (bicyclic) bond motifs is 1. The van der Waals surface area contributed by atoms with E-state index in [0.717, 1.165) is 0 Å². The highest BCUT2D eigenvalue weighted by molar-refractivity contribution is 6.35. The number of carbonyl (C=O) groups is 1. The first-order valence-corrected chi connectivity index (χ1v) is 7.13. The molecular formula is C15H10Cl2N2O3. The number of aromatic nitrogens is 1. The van der Waals surface area contributed by atoms with Gasteiger partial charge in [0.25, 0.3) is 0 Å². The van der Waals surface area contributed by atoms with Crippen LogP contribution in [0.5, 0.6) is 0 Å². The molecule has 3 aromatic rings. The quantitative estimate of drug-likeness (QED) is 0.795. The summed E-state index contributed by atoms with van der Waals surface area (Å²) in [6.07, 6.45) is 0. The van der Waals surface area contributed by atoms with E-state index in [0.29, 0.717) is 26.8 Å². The number of oxazole rings is 1. The Kier molecular flexibility index (Phi) is 3.92. The number of hydrogen-bond acceptors (Lipinski definition) is 3. The molecule has 0 saturated carbocycles. The number of amides is 1. The summed E-state index contributed by atoms with van der Waals surface area (Å²) in [6.45, 7) is -0.167. The van der Waals surface area contributed by atoms with E-state index >= 15 is 0 Å². The molecule has 0 fully saturated rings. The van der Waals surface area contributed by atoms with E-state index in [-0.39, 0.29) is 12.5 Å². The average molecular weight is 337 g/mol. The summed E-state index contributed by atoms with van der Waals surface area (Å²) in [5.41, 5.74) is 1.46. The Labute approximate surface area is 135 Å². The summed E-state index contributed by atoms with van der Waals surface area (Å²) >= 11 is 11.7. The topological polar surface area (TPSA) is 64.2 Å². The van der Waals surface area contributed by atoms with Crippen molar-refractivity contribution in [2.75, 3.05) is 5.32 Å². The zero-order valence-corrected chi connectivity index (χ0v) is 12.7. The second-order valence-electron chi connectivity index (χ2n) is 4.63. The summed E-state index contributed by atoms with van der Waals surface area (Å²) in [5, 5.41) is 3.47. The fraction of sp³-hybridized carbons (Fsp3) is 0.0667. The lowest BCUT2D eigenvalue weighted by atomic mass is 10.3. The summed E-state index contributed by atoms with van der Waals surface area (Å²) < 4.78 is 6.33. The van der Waals surface area contributed by atoms with E-state index in [2.05, 4.69) is 5.32 Å². The second-order valence-corrected chi connectivity index (χ2v) is 5.50. The third-order valence-electron chi connectivity index (χ3n) is 3.02. The first-order valence-electron chi connectivity index (χ1n) is 6.37. The number of nitrogens with one attached hydrogen (secondary N) is 1. The van der Waals surface area contributed by atoms with Gasteiger partial charge >= 0.3 is 5.76 Å². The van der Waals surface area contributed by atoms with Crippen LogP contribution >= 0.6 is 23.2 Å². The first kappa shape index (κ1) is 14.7. The molecular weight excluding hydrogens is 327 g/mol. The van der Waals surface area contributed by atoms with Crippen molar-refractivity contribution >= 4 is 45.9 Å². The van der Waals surface area contributed by atoms with Gasteiger partial charge in [0, 0.05) is 15.7 Å². The third-order valence-corrected chi connectivity index (χ3v) is 3.46. The van der Waals surface area contributed by atoms with Gasteiger partial charge in [-0.2, -0.15) is 0 Å². The zero-order chi connectivity index (χ0) is 15.7. The van der Waals surface area contributed by atoms with Crippen molar-refractivity contribution in [3.05, 3.63) is 63.1 Å². The molecule has 3 rings (SSSR count). The van der Waals surface area contributed by atoms with Crippen LogP contribution in [0.2, 0.25) is 10.0 Å². The Bertz CT molecular complexity index is 894. The molecule has 0 radical (unpaired) electrons. The fourth-order valence-corrected chi connectivity index (χ4v) is 2.66. The van der Waals surface area contributed by atoms with Gasteiger partial charge in [-0.3, -0.25) is 9.36 Å². The van der Waals surface area contributed by atoms with Crippen molar-refractivity contribution in [2.24, 2.45) is 0 Å². The highest BCUT2D eigenvalue weighted by Gasteiger charge is 2.12. The number of para-hydroxylation sites is 2. The Hall–Kier alpha value is -2.24. The predicted octanol–water partition coefficient (Wildman–Crippen LogP) is 3.54. The van der Waals surface area contributed by atoms with Crippen LogP contribution in [0.15, 0.2) is 51.7 Å². The van der Waals surface area contributed by atoms with Gasteiger partial charge in [0.1, 0.15) is 6.54 Å². The monoisotopic (exact) mass is 336 g/mol. The number of rotatable bonds is 3. The molecule has 22 heavy (non-hydrogen) atoms. The summed E-state index contributed by atoms with van der Waals surface area (Å²) in [4.78, 5) is 23.9. The molecule has 2 aromatic carbocycles. The van der Waals surface area contributed by atoms with Crippen molar-refractivity contribution < 1.29 is 9.21 Å². The van der Waals surface area contributed by atoms with Gasteiger partial charge in [0.2, 0.25) is 5.91 Å². The minimum atomic E-state index is -0.583. The van der Waals surface area contributed by atoms with Gasteiger partial charge in [-0.05, 0) is 30.3 Å². The highest BCUT2D eigenvalue weighted by Crippen LogP contribution is 2.22. The van der Waals surface area contributed by atoms with E-state index in [9.17, 15) is 9.59 Å². The van der Waals surface area contributed by atoms with Crippen LogP contribution < -0.4 is 11.1 Å². The van der Waals surface area contributed by atoms with Gasteiger partial charge in [-0.25, -0.2) is 4.79 Å². The SMILES string of the molecule is O=C(Cn1c(=O)oc2ccccc21)Nc1cc(Cl)cc(Cl)c1. The maximum Gasteiger partial charge on any atom is 0.420 e. The Morgan fingerprint density at radius 3 is 2.55 bits per heavy atom. The van der Waals surface area contributed by atoms with Crippen LogP contribution in [0.1, 0.15) is 0 Å². The lowest BCUT2D eigenvalue weighted by Gasteiger charge is -2.06. The lowest BCUT2D eigenvalue weighted by molar-refractivity contribution is -0.116. The molecule has 7 heteroatoms.